The van der Waals surface area contributed by atoms with Crippen molar-refractivity contribution in [3.8, 4) is 6.07 Å². The van der Waals surface area contributed by atoms with E-state index < -0.39 is 17.1 Å². The van der Waals surface area contributed by atoms with E-state index in [0.29, 0.717) is 0 Å². The lowest BCUT2D eigenvalue weighted by molar-refractivity contribution is -0.149. The predicted octanol–water partition coefficient (Wildman–Crippen LogP) is 2.17. The molecular formula is C13H22N2O2. The SMILES string of the molecule is CCNC(C)(C)/C=C(\C#N)C(=O)OC(C)(C)C. The van der Waals surface area contributed by atoms with E-state index in [9.17, 15) is 4.79 Å². The molecule has 0 aromatic carbocycles. The fourth-order valence-corrected chi connectivity index (χ4v) is 1.34. The Kier molecular flexibility index (Phi) is 5.37. The number of ether oxygens (including phenoxy) is 1. The first-order chi connectivity index (χ1) is 7.61. The van der Waals surface area contributed by atoms with Crippen LogP contribution in [0.25, 0.3) is 0 Å². The van der Waals surface area contributed by atoms with Crippen molar-refractivity contribution in [3.05, 3.63) is 11.6 Å². The maximum Gasteiger partial charge on any atom is 0.349 e. The van der Waals surface area contributed by atoms with Crippen molar-refractivity contribution in [2.45, 2.75) is 52.7 Å². The van der Waals surface area contributed by atoms with Gasteiger partial charge < -0.3 is 10.1 Å². The van der Waals surface area contributed by atoms with E-state index in [0.717, 1.165) is 6.54 Å². The zero-order valence-electron chi connectivity index (χ0n) is 11.5. The molecule has 0 rings (SSSR count). The van der Waals surface area contributed by atoms with E-state index in [1.807, 2.05) is 26.8 Å². The van der Waals surface area contributed by atoms with Crippen LogP contribution in [0.2, 0.25) is 0 Å². The number of carbonyl (C=O) groups is 1. The van der Waals surface area contributed by atoms with Crippen molar-refractivity contribution in [3.63, 3.8) is 0 Å². The second kappa shape index (κ2) is 5.83. The predicted molar refractivity (Wildman–Crippen MR) is 67.3 cm³/mol. The Morgan fingerprint density at radius 1 is 1.35 bits per heavy atom. The van der Waals surface area contributed by atoms with Gasteiger partial charge in [0.15, 0.2) is 0 Å². The fraction of sp³-hybridized carbons (Fsp3) is 0.692. The Hall–Kier alpha value is -1.34. The van der Waals surface area contributed by atoms with Crippen LogP contribution in [0.15, 0.2) is 11.6 Å². The summed E-state index contributed by atoms with van der Waals surface area (Å²) < 4.78 is 5.16. The number of likely N-dealkylation sites (N-methyl/N-ethyl adjacent to an activating group) is 1. The van der Waals surface area contributed by atoms with E-state index in [1.54, 1.807) is 26.8 Å². The van der Waals surface area contributed by atoms with Gasteiger partial charge in [-0.3, -0.25) is 0 Å². The van der Waals surface area contributed by atoms with Crippen molar-refractivity contribution < 1.29 is 9.53 Å². The highest BCUT2D eigenvalue weighted by molar-refractivity contribution is 5.93. The van der Waals surface area contributed by atoms with E-state index >= 15 is 0 Å². The fourth-order valence-electron chi connectivity index (χ4n) is 1.34. The van der Waals surface area contributed by atoms with Crippen LogP contribution in [0.1, 0.15) is 41.5 Å². The number of hydrogen-bond acceptors (Lipinski definition) is 4. The Bertz CT molecular complexity index is 343. The van der Waals surface area contributed by atoms with Gasteiger partial charge in [0.05, 0.1) is 0 Å². The molecule has 0 heterocycles. The number of rotatable bonds is 4. The molecule has 4 nitrogen and oxygen atoms in total. The standard InChI is InChI=1S/C13H22N2O2/c1-7-15-13(5,6)8-10(9-14)11(16)17-12(2,3)4/h8,15H,7H2,1-6H3/b10-8+. The summed E-state index contributed by atoms with van der Waals surface area (Å²) in [5.41, 5.74) is -0.961. The lowest BCUT2D eigenvalue weighted by Gasteiger charge is -2.23. The van der Waals surface area contributed by atoms with Gasteiger partial charge in [-0.05, 0) is 47.2 Å². The van der Waals surface area contributed by atoms with E-state index in [-0.39, 0.29) is 5.57 Å². The molecule has 4 heteroatoms. The van der Waals surface area contributed by atoms with Crippen LogP contribution in [0.3, 0.4) is 0 Å². The van der Waals surface area contributed by atoms with Crippen molar-refractivity contribution in [2.24, 2.45) is 0 Å². The summed E-state index contributed by atoms with van der Waals surface area (Å²) in [6, 6.07) is 1.89. The van der Waals surface area contributed by atoms with Crippen molar-refractivity contribution in [1.82, 2.24) is 5.32 Å². The van der Waals surface area contributed by atoms with E-state index in [1.165, 1.54) is 0 Å². The molecule has 0 aliphatic rings. The normalized spacial score (nSPS) is 13.1. The molecular weight excluding hydrogens is 216 g/mol. The van der Waals surface area contributed by atoms with Crippen molar-refractivity contribution in [1.29, 1.82) is 5.26 Å². The van der Waals surface area contributed by atoms with Crippen molar-refractivity contribution in [2.75, 3.05) is 6.54 Å². The van der Waals surface area contributed by atoms with Gasteiger partial charge >= 0.3 is 5.97 Å². The molecule has 0 aromatic heterocycles. The molecule has 0 bridgehead atoms. The summed E-state index contributed by atoms with van der Waals surface area (Å²) in [7, 11) is 0. The second-order valence-electron chi connectivity index (χ2n) is 5.42. The molecule has 1 N–H and O–H groups in total. The Labute approximate surface area is 104 Å². The molecule has 0 fully saturated rings. The third-order valence-electron chi connectivity index (χ3n) is 1.88. The number of hydrogen-bond donors (Lipinski definition) is 1. The Balaban J connectivity index is 4.92. The first kappa shape index (κ1) is 15.7. The van der Waals surface area contributed by atoms with Gasteiger partial charge in [-0.2, -0.15) is 5.26 Å². The smallest absolute Gasteiger partial charge is 0.349 e. The van der Waals surface area contributed by atoms with Gasteiger partial charge in [-0.25, -0.2) is 4.79 Å². The zero-order valence-corrected chi connectivity index (χ0v) is 11.5. The number of nitriles is 1. The topological polar surface area (TPSA) is 62.1 Å². The van der Waals surface area contributed by atoms with Crippen LogP contribution in [-0.2, 0) is 9.53 Å². The highest BCUT2D eigenvalue weighted by Gasteiger charge is 2.23. The van der Waals surface area contributed by atoms with Crippen LogP contribution in [-0.4, -0.2) is 23.7 Å². The van der Waals surface area contributed by atoms with Crippen LogP contribution >= 0.6 is 0 Å². The Morgan fingerprint density at radius 3 is 2.24 bits per heavy atom. The first-order valence-corrected chi connectivity index (χ1v) is 5.72. The molecule has 0 unspecified atom stereocenters. The lowest BCUT2D eigenvalue weighted by atomic mass is 10.0. The van der Waals surface area contributed by atoms with Gasteiger partial charge in [0, 0.05) is 5.54 Å². The van der Waals surface area contributed by atoms with Gasteiger partial charge in [0.2, 0.25) is 0 Å². The van der Waals surface area contributed by atoms with Gasteiger partial charge in [-0.15, -0.1) is 0 Å². The first-order valence-electron chi connectivity index (χ1n) is 5.72. The molecule has 0 aromatic rings. The Morgan fingerprint density at radius 2 is 1.88 bits per heavy atom. The largest absolute Gasteiger partial charge is 0.456 e. The zero-order chi connectivity index (χ0) is 13.7. The molecule has 17 heavy (non-hydrogen) atoms. The number of esters is 1. The summed E-state index contributed by atoms with van der Waals surface area (Å²) in [4.78, 5) is 11.7. The monoisotopic (exact) mass is 238 g/mol. The van der Waals surface area contributed by atoms with Crippen LogP contribution < -0.4 is 5.32 Å². The molecule has 96 valence electrons. The number of nitrogens with one attached hydrogen (secondary N) is 1. The highest BCUT2D eigenvalue weighted by atomic mass is 16.6. The molecule has 0 spiro atoms. The quantitative estimate of drug-likeness (QED) is 0.463. The van der Waals surface area contributed by atoms with Gasteiger partial charge in [0.25, 0.3) is 0 Å². The molecule has 0 atom stereocenters. The van der Waals surface area contributed by atoms with Crippen LogP contribution in [0, 0.1) is 11.3 Å². The molecule has 0 amide bonds. The summed E-state index contributed by atoms with van der Waals surface area (Å²) in [6.45, 7) is 11.8. The summed E-state index contributed by atoms with van der Waals surface area (Å²) >= 11 is 0. The minimum Gasteiger partial charge on any atom is -0.456 e. The van der Waals surface area contributed by atoms with Gasteiger partial charge in [0.1, 0.15) is 17.2 Å². The van der Waals surface area contributed by atoms with E-state index in [4.69, 9.17) is 10.00 Å². The third-order valence-corrected chi connectivity index (χ3v) is 1.88. The molecule has 0 radical (unpaired) electrons. The highest BCUT2D eigenvalue weighted by Crippen LogP contribution is 2.14. The minimum atomic E-state index is -0.588. The van der Waals surface area contributed by atoms with Gasteiger partial charge in [-0.1, -0.05) is 6.92 Å². The molecule has 0 aliphatic carbocycles. The molecule has 0 aliphatic heterocycles. The average molecular weight is 238 g/mol. The summed E-state index contributed by atoms with van der Waals surface area (Å²) in [5, 5.41) is 12.1. The minimum absolute atomic E-state index is 0.0332. The maximum atomic E-state index is 11.7. The summed E-state index contributed by atoms with van der Waals surface area (Å²) in [5.74, 6) is -0.578. The third kappa shape index (κ3) is 6.75. The molecule has 0 saturated heterocycles. The average Bonchev–Trinajstić information content (AvgIpc) is 2.11. The van der Waals surface area contributed by atoms with Crippen LogP contribution in [0.4, 0.5) is 0 Å². The number of nitrogens with zero attached hydrogens (tertiary/aromatic N) is 1. The van der Waals surface area contributed by atoms with E-state index in [2.05, 4.69) is 5.32 Å². The number of carbonyl (C=O) groups excluding carboxylic acids is 1. The van der Waals surface area contributed by atoms with Crippen LogP contribution in [0.5, 0.6) is 0 Å². The second-order valence-corrected chi connectivity index (χ2v) is 5.42. The lowest BCUT2D eigenvalue weighted by Crippen LogP contribution is -2.38. The van der Waals surface area contributed by atoms with Crippen molar-refractivity contribution >= 4 is 5.97 Å². The summed E-state index contributed by atoms with van der Waals surface area (Å²) in [6.07, 6.45) is 1.60. The maximum absolute atomic E-state index is 11.7. The molecule has 0 saturated carbocycles.